The van der Waals surface area contributed by atoms with E-state index in [4.69, 9.17) is 9.47 Å². The second-order valence-corrected chi connectivity index (χ2v) is 9.13. The first-order chi connectivity index (χ1) is 12.9. The Morgan fingerprint density at radius 3 is 1.33 bits per heavy atom. The van der Waals surface area contributed by atoms with Gasteiger partial charge in [0.25, 0.3) is 0 Å². The van der Waals surface area contributed by atoms with Gasteiger partial charge in [0.1, 0.15) is 0 Å². The van der Waals surface area contributed by atoms with E-state index in [-0.39, 0.29) is 35.6 Å². The van der Waals surface area contributed by atoms with Gasteiger partial charge in [-0.25, -0.2) is 9.59 Å². The lowest BCUT2D eigenvalue weighted by Crippen LogP contribution is -2.28. The first-order valence-electron chi connectivity index (χ1n) is 11.0. The van der Waals surface area contributed by atoms with Crippen molar-refractivity contribution in [3.63, 3.8) is 0 Å². The fourth-order valence-corrected chi connectivity index (χ4v) is 4.24. The van der Waals surface area contributed by atoms with Crippen LogP contribution in [0.2, 0.25) is 0 Å². The second kappa shape index (κ2) is 10.9. The first-order valence-corrected chi connectivity index (χ1v) is 11.0. The maximum atomic E-state index is 13.1. The summed E-state index contributed by atoms with van der Waals surface area (Å²) in [6, 6.07) is 0. The van der Waals surface area contributed by atoms with Crippen LogP contribution >= 0.6 is 0 Å². The summed E-state index contributed by atoms with van der Waals surface area (Å²) < 4.78 is 11.3. The molecule has 0 spiro atoms. The van der Waals surface area contributed by atoms with Gasteiger partial charge in [0.2, 0.25) is 0 Å². The van der Waals surface area contributed by atoms with Gasteiger partial charge in [-0.1, -0.05) is 59.8 Å². The van der Waals surface area contributed by atoms with Crippen LogP contribution in [-0.2, 0) is 19.1 Å². The van der Waals surface area contributed by atoms with Gasteiger partial charge in [-0.05, 0) is 49.4 Å². The summed E-state index contributed by atoms with van der Waals surface area (Å²) in [5.74, 6) is 0.291. The Labute approximate surface area is 165 Å². The molecule has 0 aromatic carbocycles. The molecule has 2 saturated carbocycles. The molecule has 0 aromatic rings. The van der Waals surface area contributed by atoms with E-state index >= 15 is 0 Å². The van der Waals surface area contributed by atoms with Crippen LogP contribution in [0, 0.1) is 23.7 Å². The van der Waals surface area contributed by atoms with E-state index in [9.17, 15) is 9.59 Å². The normalized spacial score (nSPS) is 20.1. The minimum atomic E-state index is -0.280. The molecule has 2 fully saturated rings. The van der Waals surface area contributed by atoms with Crippen molar-refractivity contribution in [2.45, 2.75) is 85.5 Å². The molecule has 4 heteroatoms. The van der Waals surface area contributed by atoms with Crippen LogP contribution in [0.25, 0.3) is 0 Å². The molecule has 0 unspecified atom stereocenters. The molecule has 0 saturated heterocycles. The Hall–Kier alpha value is -1.32. The molecule has 2 rings (SSSR count). The quantitative estimate of drug-likeness (QED) is 0.416. The first kappa shape index (κ1) is 22.0. The zero-order valence-corrected chi connectivity index (χ0v) is 17.7. The number of rotatable bonds is 8. The van der Waals surface area contributed by atoms with Gasteiger partial charge in [0.05, 0.1) is 24.4 Å². The molecule has 0 atom stereocenters. The molecule has 0 bridgehead atoms. The van der Waals surface area contributed by atoms with Crippen molar-refractivity contribution in [2.75, 3.05) is 13.2 Å². The summed E-state index contributed by atoms with van der Waals surface area (Å²) in [6.07, 6.45) is 9.56. The Morgan fingerprint density at radius 2 is 1.00 bits per heavy atom. The highest BCUT2D eigenvalue weighted by Gasteiger charge is 2.36. The molecule has 0 amide bonds. The zero-order chi connectivity index (χ0) is 19.8. The molecule has 0 aliphatic heterocycles. The number of ether oxygens (including phenoxy) is 2. The van der Waals surface area contributed by atoms with E-state index in [1.807, 2.05) is 27.7 Å². The smallest absolute Gasteiger partial charge is 0.334 e. The molecule has 154 valence electrons. The topological polar surface area (TPSA) is 52.6 Å². The highest BCUT2D eigenvalue weighted by molar-refractivity contribution is 6.01. The minimum Gasteiger partial charge on any atom is -0.462 e. The Bertz CT molecular complexity index is 520. The third kappa shape index (κ3) is 6.65. The van der Waals surface area contributed by atoms with Gasteiger partial charge in [0, 0.05) is 0 Å². The molecular formula is C23H38O4. The van der Waals surface area contributed by atoms with E-state index < -0.39 is 0 Å². The molecule has 27 heavy (non-hydrogen) atoms. The lowest BCUT2D eigenvalue weighted by Gasteiger charge is -2.28. The molecule has 4 nitrogen and oxygen atoms in total. The van der Waals surface area contributed by atoms with Crippen LogP contribution in [0.5, 0.6) is 0 Å². The van der Waals surface area contributed by atoms with Crippen molar-refractivity contribution < 1.29 is 19.1 Å². The molecule has 2 aliphatic carbocycles. The molecule has 0 N–H and O–H groups in total. The van der Waals surface area contributed by atoms with Crippen molar-refractivity contribution in [3.8, 4) is 0 Å². The van der Waals surface area contributed by atoms with Crippen LogP contribution < -0.4 is 0 Å². The summed E-state index contributed by atoms with van der Waals surface area (Å²) in [4.78, 5) is 26.2. The average Bonchev–Trinajstić information content (AvgIpc) is 3.16. The largest absolute Gasteiger partial charge is 0.462 e. The van der Waals surface area contributed by atoms with Crippen LogP contribution in [-0.4, -0.2) is 25.2 Å². The van der Waals surface area contributed by atoms with Gasteiger partial charge in [-0.2, -0.15) is 0 Å². The lowest BCUT2D eigenvalue weighted by atomic mass is 9.78. The Kier molecular flexibility index (Phi) is 8.85. The average molecular weight is 379 g/mol. The molecule has 0 radical (unpaired) electrons. The van der Waals surface area contributed by atoms with E-state index in [1.165, 1.54) is 6.42 Å². The summed E-state index contributed by atoms with van der Waals surface area (Å²) >= 11 is 0. The highest BCUT2D eigenvalue weighted by atomic mass is 16.5. The number of carbonyl (C=O) groups excluding carboxylic acids is 2. The van der Waals surface area contributed by atoms with Crippen molar-refractivity contribution in [3.05, 3.63) is 11.1 Å². The summed E-state index contributed by atoms with van der Waals surface area (Å²) in [7, 11) is 0. The van der Waals surface area contributed by atoms with Crippen molar-refractivity contribution in [1.29, 1.82) is 0 Å². The highest BCUT2D eigenvalue weighted by Crippen LogP contribution is 2.39. The van der Waals surface area contributed by atoms with E-state index in [0.717, 1.165) is 51.4 Å². The fraction of sp³-hybridized carbons (Fsp3) is 0.826. The molecular weight excluding hydrogens is 340 g/mol. The van der Waals surface area contributed by atoms with Crippen molar-refractivity contribution in [1.82, 2.24) is 0 Å². The maximum Gasteiger partial charge on any atom is 0.334 e. The Morgan fingerprint density at radius 1 is 0.667 bits per heavy atom. The van der Waals surface area contributed by atoms with E-state index in [2.05, 4.69) is 0 Å². The van der Waals surface area contributed by atoms with E-state index in [0.29, 0.717) is 24.4 Å². The van der Waals surface area contributed by atoms with Gasteiger partial charge in [-0.15, -0.1) is 0 Å². The van der Waals surface area contributed by atoms with Crippen LogP contribution in [0.4, 0.5) is 0 Å². The van der Waals surface area contributed by atoms with E-state index in [1.54, 1.807) is 0 Å². The Balaban J connectivity index is 2.37. The predicted molar refractivity (Wildman–Crippen MR) is 107 cm³/mol. The lowest BCUT2D eigenvalue weighted by molar-refractivity contribution is -0.144. The summed E-state index contributed by atoms with van der Waals surface area (Å²) in [5.41, 5.74) is 1.30. The van der Waals surface area contributed by atoms with Crippen LogP contribution in [0.3, 0.4) is 0 Å². The standard InChI is InChI=1S/C23H38O4/c1-16(2)14-26-22(24)20(18-10-6-5-7-11-18)21(19-12-8-9-13-19)23(25)27-15-17(3)4/h16-19H,5-15H2,1-4H3. The summed E-state index contributed by atoms with van der Waals surface area (Å²) in [5, 5.41) is 0. The third-order valence-electron chi connectivity index (χ3n) is 5.60. The second-order valence-electron chi connectivity index (χ2n) is 9.13. The van der Waals surface area contributed by atoms with Crippen LogP contribution in [0.15, 0.2) is 11.1 Å². The number of esters is 2. The maximum absolute atomic E-state index is 13.1. The monoisotopic (exact) mass is 378 g/mol. The molecule has 0 aromatic heterocycles. The molecule has 2 aliphatic rings. The number of hydrogen-bond donors (Lipinski definition) is 0. The predicted octanol–water partition coefficient (Wildman–Crippen LogP) is 5.45. The zero-order valence-electron chi connectivity index (χ0n) is 17.7. The van der Waals surface area contributed by atoms with Gasteiger partial charge >= 0.3 is 11.9 Å². The van der Waals surface area contributed by atoms with Crippen molar-refractivity contribution >= 4 is 11.9 Å². The van der Waals surface area contributed by atoms with Crippen molar-refractivity contribution in [2.24, 2.45) is 23.7 Å². The summed E-state index contributed by atoms with van der Waals surface area (Å²) in [6.45, 7) is 8.93. The van der Waals surface area contributed by atoms with Gasteiger partial charge < -0.3 is 9.47 Å². The third-order valence-corrected chi connectivity index (χ3v) is 5.60. The fourth-order valence-electron chi connectivity index (χ4n) is 4.24. The number of carbonyl (C=O) groups is 2. The SMILES string of the molecule is CC(C)COC(=O)C(=C(C(=O)OCC(C)C)C1CCCC1)C1CCCCC1. The minimum absolute atomic E-state index is 0.139. The van der Waals surface area contributed by atoms with Gasteiger partial charge in [0.15, 0.2) is 0 Å². The number of hydrogen-bond acceptors (Lipinski definition) is 4. The van der Waals surface area contributed by atoms with Gasteiger partial charge in [-0.3, -0.25) is 0 Å². The van der Waals surface area contributed by atoms with Crippen LogP contribution in [0.1, 0.15) is 85.5 Å². The molecule has 0 heterocycles.